The summed E-state index contributed by atoms with van der Waals surface area (Å²) in [5.74, 6) is 0.846. The Labute approximate surface area is 115 Å². The van der Waals surface area contributed by atoms with Crippen LogP contribution in [0.4, 0.5) is 0 Å². The molecule has 0 aliphatic heterocycles. The molecule has 0 aromatic carbocycles. The first-order chi connectivity index (χ1) is 8.32. The van der Waals surface area contributed by atoms with Crippen molar-refractivity contribution in [1.29, 1.82) is 0 Å². The van der Waals surface area contributed by atoms with Gasteiger partial charge in [0.1, 0.15) is 0 Å². The van der Waals surface area contributed by atoms with Gasteiger partial charge in [-0.2, -0.15) is 0 Å². The highest BCUT2D eigenvalue weighted by Crippen LogP contribution is 2.24. The van der Waals surface area contributed by atoms with Crippen molar-refractivity contribution < 1.29 is 0 Å². The maximum Gasteiger partial charge on any atom is 0.0112 e. The van der Waals surface area contributed by atoms with Crippen molar-refractivity contribution in [2.24, 2.45) is 17.1 Å². The summed E-state index contributed by atoms with van der Waals surface area (Å²) in [5, 5.41) is 0. The molecule has 0 fully saturated rings. The fraction of sp³-hybridized carbons (Fsp3) is 1.00. The van der Waals surface area contributed by atoms with Crippen molar-refractivity contribution in [3.05, 3.63) is 0 Å². The smallest absolute Gasteiger partial charge is 0.0112 e. The maximum atomic E-state index is 5.69. The van der Waals surface area contributed by atoms with Gasteiger partial charge >= 0.3 is 0 Å². The van der Waals surface area contributed by atoms with Gasteiger partial charge in [-0.05, 0) is 57.7 Å². The van der Waals surface area contributed by atoms with Crippen LogP contribution in [0.5, 0.6) is 0 Å². The Morgan fingerprint density at radius 3 is 2.17 bits per heavy atom. The molecule has 0 amide bonds. The minimum atomic E-state index is 0.370. The highest BCUT2D eigenvalue weighted by atomic mass is 15.1. The molecule has 2 atom stereocenters. The first kappa shape index (κ1) is 17.9. The van der Waals surface area contributed by atoms with Crippen LogP contribution < -0.4 is 5.73 Å². The second kappa shape index (κ2) is 8.92. The second-order valence-electron chi connectivity index (χ2n) is 6.90. The zero-order chi connectivity index (χ0) is 14.2. The second-order valence-corrected chi connectivity index (χ2v) is 6.90. The summed E-state index contributed by atoms with van der Waals surface area (Å²) >= 11 is 0. The van der Waals surface area contributed by atoms with E-state index in [-0.39, 0.29) is 0 Å². The Bertz CT molecular complexity index is 190. The van der Waals surface area contributed by atoms with E-state index >= 15 is 0 Å². The first-order valence-electron chi connectivity index (χ1n) is 7.73. The molecule has 18 heavy (non-hydrogen) atoms. The van der Waals surface area contributed by atoms with E-state index in [1.807, 2.05) is 0 Å². The summed E-state index contributed by atoms with van der Waals surface area (Å²) in [7, 11) is 2.26. The van der Waals surface area contributed by atoms with Crippen LogP contribution in [0.2, 0.25) is 0 Å². The average molecular weight is 256 g/mol. The molecule has 0 aromatic heterocycles. The lowest BCUT2D eigenvalue weighted by atomic mass is 9.87. The zero-order valence-corrected chi connectivity index (χ0v) is 13.6. The van der Waals surface area contributed by atoms with Crippen molar-refractivity contribution in [3.8, 4) is 0 Å². The predicted molar refractivity (Wildman–Crippen MR) is 82.9 cm³/mol. The van der Waals surface area contributed by atoms with Crippen LogP contribution >= 0.6 is 0 Å². The molecule has 2 heteroatoms. The zero-order valence-electron chi connectivity index (χ0n) is 13.6. The van der Waals surface area contributed by atoms with Crippen molar-refractivity contribution in [2.75, 3.05) is 20.1 Å². The molecule has 0 aliphatic rings. The van der Waals surface area contributed by atoms with E-state index in [9.17, 15) is 0 Å². The molecule has 2 N–H and O–H groups in total. The monoisotopic (exact) mass is 256 g/mol. The van der Waals surface area contributed by atoms with Gasteiger partial charge in [0.05, 0.1) is 0 Å². The van der Waals surface area contributed by atoms with E-state index in [1.54, 1.807) is 0 Å². The molecule has 0 heterocycles. The van der Waals surface area contributed by atoms with Crippen molar-refractivity contribution >= 4 is 0 Å². The van der Waals surface area contributed by atoms with Gasteiger partial charge in [0.2, 0.25) is 0 Å². The third kappa shape index (κ3) is 7.38. The summed E-state index contributed by atoms with van der Waals surface area (Å²) in [5.41, 5.74) is 6.06. The fourth-order valence-electron chi connectivity index (χ4n) is 2.56. The summed E-state index contributed by atoms with van der Waals surface area (Å²) in [4.78, 5) is 2.51. The third-order valence-corrected chi connectivity index (χ3v) is 4.31. The van der Waals surface area contributed by atoms with Crippen LogP contribution in [0, 0.1) is 11.3 Å². The van der Waals surface area contributed by atoms with Crippen molar-refractivity contribution in [3.63, 3.8) is 0 Å². The quantitative estimate of drug-likeness (QED) is 0.678. The minimum Gasteiger partial charge on any atom is -0.330 e. The van der Waals surface area contributed by atoms with Crippen LogP contribution in [-0.4, -0.2) is 31.1 Å². The molecular weight excluding hydrogens is 220 g/mol. The molecule has 0 saturated carbocycles. The van der Waals surface area contributed by atoms with Gasteiger partial charge in [-0.15, -0.1) is 0 Å². The van der Waals surface area contributed by atoms with Crippen LogP contribution in [0.3, 0.4) is 0 Å². The summed E-state index contributed by atoms with van der Waals surface area (Å²) in [6, 6.07) is 0.636. The van der Waals surface area contributed by atoms with E-state index in [1.165, 1.54) is 38.6 Å². The molecule has 0 saturated heterocycles. The van der Waals surface area contributed by atoms with E-state index in [4.69, 9.17) is 5.73 Å². The fourth-order valence-corrected chi connectivity index (χ4v) is 2.56. The van der Waals surface area contributed by atoms with Gasteiger partial charge in [-0.1, -0.05) is 40.5 Å². The molecule has 0 spiro atoms. The Hall–Kier alpha value is -0.0800. The normalized spacial score (nSPS) is 16.0. The summed E-state index contributed by atoms with van der Waals surface area (Å²) in [6.07, 6.45) is 6.48. The standard InChI is InChI=1S/C16H36N2/c1-7-9-15(11-12-17)10-8-13-18(6)14(2)16(3,4)5/h14-15H,7-13,17H2,1-6H3. The van der Waals surface area contributed by atoms with Gasteiger partial charge in [0.25, 0.3) is 0 Å². The number of nitrogens with two attached hydrogens (primary N) is 1. The maximum absolute atomic E-state index is 5.69. The molecule has 110 valence electrons. The molecule has 0 aromatic rings. The van der Waals surface area contributed by atoms with Gasteiger partial charge in [0, 0.05) is 6.04 Å². The number of hydrogen-bond acceptors (Lipinski definition) is 2. The third-order valence-electron chi connectivity index (χ3n) is 4.31. The molecule has 0 aliphatic carbocycles. The van der Waals surface area contributed by atoms with E-state index in [0.29, 0.717) is 11.5 Å². The van der Waals surface area contributed by atoms with E-state index < -0.39 is 0 Å². The highest BCUT2D eigenvalue weighted by Gasteiger charge is 2.23. The molecule has 0 bridgehead atoms. The minimum absolute atomic E-state index is 0.370. The summed E-state index contributed by atoms with van der Waals surface area (Å²) < 4.78 is 0. The molecule has 0 radical (unpaired) electrons. The summed E-state index contributed by atoms with van der Waals surface area (Å²) in [6.45, 7) is 13.6. The van der Waals surface area contributed by atoms with Crippen molar-refractivity contribution in [1.82, 2.24) is 4.90 Å². The van der Waals surface area contributed by atoms with Crippen LogP contribution in [0.15, 0.2) is 0 Å². The Kier molecular flexibility index (Phi) is 8.89. The van der Waals surface area contributed by atoms with E-state index in [2.05, 4.69) is 46.6 Å². The lowest BCUT2D eigenvalue weighted by Gasteiger charge is -2.35. The SMILES string of the molecule is CCCC(CCN)CCCN(C)C(C)C(C)(C)C. The molecule has 2 unspecified atom stereocenters. The van der Waals surface area contributed by atoms with Gasteiger partial charge in [0.15, 0.2) is 0 Å². The van der Waals surface area contributed by atoms with Gasteiger partial charge in [-0.25, -0.2) is 0 Å². The number of rotatable bonds is 9. The topological polar surface area (TPSA) is 29.3 Å². The number of hydrogen-bond donors (Lipinski definition) is 1. The van der Waals surface area contributed by atoms with Crippen LogP contribution in [0.1, 0.15) is 66.7 Å². The molecular formula is C16H36N2. The van der Waals surface area contributed by atoms with E-state index in [0.717, 1.165) is 12.5 Å². The first-order valence-corrected chi connectivity index (χ1v) is 7.73. The highest BCUT2D eigenvalue weighted by molar-refractivity contribution is 4.77. The molecule has 0 rings (SSSR count). The predicted octanol–water partition coefficient (Wildman–Crippen LogP) is 3.90. The Morgan fingerprint density at radius 1 is 1.11 bits per heavy atom. The van der Waals surface area contributed by atoms with Crippen LogP contribution in [-0.2, 0) is 0 Å². The lowest BCUT2D eigenvalue weighted by molar-refractivity contribution is 0.137. The van der Waals surface area contributed by atoms with Crippen molar-refractivity contribution in [2.45, 2.75) is 72.8 Å². The Balaban J connectivity index is 3.94. The Morgan fingerprint density at radius 2 is 1.72 bits per heavy atom. The lowest BCUT2D eigenvalue weighted by Crippen LogP contribution is -2.39. The van der Waals surface area contributed by atoms with Gasteiger partial charge < -0.3 is 10.6 Å². The largest absolute Gasteiger partial charge is 0.330 e. The average Bonchev–Trinajstić information content (AvgIpc) is 2.27. The molecule has 2 nitrogen and oxygen atoms in total. The van der Waals surface area contributed by atoms with Gasteiger partial charge in [-0.3, -0.25) is 0 Å². The van der Waals surface area contributed by atoms with Crippen LogP contribution in [0.25, 0.3) is 0 Å². The number of nitrogens with zero attached hydrogens (tertiary/aromatic N) is 1.